The predicted octanol–water partition coefficient (Wildman–Crippen LogP) is 2.61. The van der Waals surface area contributed by atoms with Crippen LogP contribution in [0.2, 0.25) is 0 Å². The first-order valence-electron chi connectivity index (χ1n) is 7.92. The Hall–Kier alpha value is -2.94. The van der Waals surface area contributed by atoms with Gasteiger partial charge in [-0.2, -0.15) is 10.2 Å². The maximum atomic E-state index is 12.5. The molecule has 1 N–H and O–H groups in total. The molecule has 8 nitrogen and oxygen atoms in total. The third-order valence-corrected chi connectivity index (χ3v) is 4.71. The molecule has 0 saturated heterocycles. The minimum Gasteiger partial charge on any atom is -0.465 e. The molecule has 26 heavy (non-hydrogen) atoms. The Labute approximate surface area is 154 Å². The van der Waals surface area contributed by atoms with Gasteiger partial charge in [-0.15, -0.1) is 11.3 Å². The lowest BCUT2D eigenvalue weighted by Crippen LogP contribution is -2.16. The summed E-state index contributed by atoms with van der Waals surface area (Å²) in [5, 5.41) is 11.8. The number of carbonyl (C=O) groups excluding carboxylic acids is 2. The molecule has 0 fully saturated rings. The van der Waals surface area contributed by atoms with Crippen molar-refractivity contribution in [1.82, 2.24) is 19.6 Å². The first-order valence-corrected chi connectivity index (χ1v) is 8.73. The lowest BCUT2D eigenvalue weighted by atomic mass is 10.3. The second-order valence-electron chi connectivity index (χ2n) is 5.85. The number of hydrogen-bond acceptors (Lipinski definition) is 6. The molecule has 9 heteroatoms. The van der Waals surface area contributed by atoms with E-state index in [1.165, 1.54) is 18.4 Å². The highest BCUT2D eigenvalue weighted by atomic mass is 32.1. The Bertz CT molecular complexity index is 969. The van der Waals surface area contributed by atoms with E-state index in [1.54, 1.807) is 23.0 Å². The van der Waals surface area contributed by atoms with Crippen LogP contribution in [0.3, 0.4) is 0 Å². The van der Waals surface area contributed by atoms with Crippen LogP contribution >= 0.6 is 11.3 Å². The fourth-order valence-corrected chi connectivity index (χ4v) is 3.45. The number of amides is 1. The molecule has 0 aromatic carbocycles. The van der Waals surface area contributed by atoms with Gasteiger partial charge in [-0.05, 0) is 39.0 Å². The Morgan fingerprint density at radius 1 is 1.23 bits per heavy atom. The van der Waals surface area contributed by atoms with Gasteiger partial charge in [-0.25, -0.2) is 9.48 Å². The van der Waals surface area contributed by atoms with Crippen LogP contribution in [-0.2, 0) is 11.4 Å². The summed E-state index contributed by atoms with van der Waals surface area (Å²) in [6, 6.07) is 5.29. The molecule has 3 heterocycles. The van der Waals surface area contributed by atoms with Crippen molar-refractivity contribution in [2.24, 2.45) is 0 Å². The normalized spacial score (nSPS) is 10.8. The lowest BCUT2D eigenvalue weighted by Gasteiger charge is -2.05. The number of aromatic nitrogens is 4. The molecular formula is C17H19N5O3S. The van der Waals surface area contributed by atoms with Gasteiger partial charge in [-0.1, -0.05) is 0 Å². The highest BCUT2D eigenvalue weighted by Crippen LogP contribution is 2.28. The number of carbonyl (C=O) groups is 2. The van der Waals surface area contributed by atoms with Crippen LogP contribution in [0.15, 0.2) is 24.4 Å². The quantitative estimate of drug-likeness (QED) is 0.694. The standard InChI is InChI=1S/C17H19N5O3S/c1-10-7-11(2)22(19-10)9-21-6-5-14(20-21)15(23)18-16-13(17(24)25-4)8-12(3)26-16/h5-8H,9H2,1-4H3,(H,18,23). The van der Waals surface area contributed by atoms with Crippen LogP contribution in [0.4, 0.5) is 5.00 Å². The Kier molecular flexibility index (Phi) is 4.90. The van der Waals surface area contributed by atoms with Crippen molar-refractivity contribution >= 4 is 28.2 Å². The number of aryl methyl sites for hydroxylation is 3. The van der Waals surface area contributed by atoms with Crippen molar-refractivity contribution in [2.75, 3.05) is 12.4 Å². The maximum Gasteiger partial charge on any atom is 0.340 e. The molecule has 0 unspecified atom stereocenters. The van der Waals surface area contributed by atoms with Crippen molar-refractivity contribution in [3.63, 3.8) is 0 Å². The second-order valence-corrected chi connectivity index (χ2v) is 7.11. The molecule has 0 aliphatic heterocycles. The average Bonchev–Trinajstić information content (AvgIpc) is 3.27. The van der Waals surface area contributed by atoms with Crippen molar-refractivity contribution in [2.45, 2.75) is 27.4 Å². The van der Waals surface area contributed by atoms with Crippen molar-refractivity contribution in [3.05, 3.63) is 51.9 Å². The summed E-state index contributed by atoms with van der Waals surface area (Å²) in [5.74, 6) is -0.871. The van der Waals surface area contributed by atoms with Gasteiger partial charge in [0.2, 0.25) is 0 Å². The number of esters is 1. The smallest absolute Gasteiger partial charge is 0.340 e. The largest absolute Gasteiger partial charge is 0.465 e. The molecule has 3 rings (SSSR count). The lowest BCUT2D eigenvalue weighted by molar-refractivity contribution is 0.0602. The molecular weight excluding hydrogens is 354 g/mol. The summed E-state index contributed by atoms with van der Waals surface area (Å²) in [6.45, 7) is 6.16. The van der Waals surface area contributed by atoms with E-state index in [0.29, 0.717) is 17.2 Å². The fourth-order valence-electron chi connectivity index (χ4n) is 2.55. The Morgan fingerprint density at radius 2 is 2.00 bits per heavy atom. The van der Waals surface area contributed by atoms with Crippen LogP contribution in [-0.4, -0.2) is 38.5 Å². The van der Waals surface area contributed by atoms with Gasteiger partial charge in [0.1, 0.15) is 11.7 Å². The van der Waals surface area contributed by atoms with Crippen molar-refractivity contribution in [1.29, 1.82) is 0 Å². The minimum atomic E-state index is -0.486. The Balaban J connectivity index is 1.75. The molecule has 0 spiro atoms. The molecule has 3 aromatic heterocycles. The topological polar surface area (TPSA) is 91.0 Å². The van der Waals surface area contributed by atoms with E-state index in [-0.39, 0.29) is 11.6 Å². The molecule has 0 bridgehead atoms. The summed E-state index contributed by atoms with van der Waals surface area (Å²) in [4.78, 5) is 25.2. The number of nitrogens with zero attached hydrogens (tertiary/aromatic N) is 4. The summed E-state index contributed by atoms with van der Waals surface area (Å²) in [7, 11) is 1.31. The summed E-state index contributed by atoms with van der Waals surface area (Å²) >= 11 is 1.31. The third kappa shape index (κ3) is 3.67. The maximum absolute atomic E-state index is 12.5. The summed E-state index contributed by atoms with van der Waals surface area (Å²) < 4.78 is 8.19. The number of thiophene rings is 1. The predicted molar refractivity (Wildman–Crippen MR) is 97.7 cm³/mol. The van der Waals surface area contributed by atoms with Crippen molar-refractivity contribution < 1.29 is 14.3 Å². The molecule has 1 amide bonds. The number of methoxy groups -OCH3 is 1. The Morgan fingerprint density at radius 3 is 2.65 bits per heavy atom. The molecule has 0 aliphatic carbocycles. The van der Waals surface area contributed by atoms with E-state index in [0.717, 1.165) is 16.3 Å². The van der Waals surface area contributed by atoms with E-state index >= 15 is 0 Å². The van der Waals surface area contributed by atoms with Crippen LogP contribution in [0.1, 0.15) is 37.1 Å². The second kappa shape index (κ2) is 7.12. The van der Waals surface area contributed by atoms with Crippen LogP contribution < -0.4 is 5.32 Å². The highest BCUT2D eigenvalue weighted by molar-refractivity contribution is 7.16. The SMILES string of the molecule is COC(=O)c1cc(C)sc1NC(=O)c1ccn(Cn2nc(C)cc2C)n1. The van der Waals surface area contributed by atoms with Gasteiger partial charge in [-0.3, -0.25) is 9.48 Å². The zero-order valence-corrected chi connectivity index (χ0v) is 15.8. The van der Waals surface area contributed by atoms with E-state index in [4.69, 9.17) is 4.74 Å². The van der Waals surface area contributed by atoms with Gasteiger partial charge in [0, 0.05) is 16.8 Å². The minimum absolute atomic E-state index is 0.258. The summed E-state index contributed by atoms with van der Waals surface area (Å²) in [6.07, 6.45) is 1.71. The number of rotatable bonds is 5. The van der Waals surface area contributed by atoms with E-state index in [2.05, 4.69) is 15.5 Å². The van der Waals surface area contributed by atoms with E-state index < -0.39 is 5.97 Å². The van der Waals surface area contributed by atoms with Gasteiger partial charge < -0.3 is 10.1 Å². The van der Waals surface area contributed by atoms with Gasteiger partial charge in [0.25, 0.3) is 5.91 Å². The molecule has 0 saturated carbocycles. The van der Waals surface area contributed by atoms with Crippen LogP contribution in [0, 0.1) is 20.8 Å². The van der Waals surface area contributed by atoms with E-state index in [9.17, 15) is 9.59 Å². The monoisotopic (exact) mass is 373 g/mol. The molecule has 3 aromatic rings. The van der Waals surface area contributed by atoms with Gasteiger partial charge >= 0.3 is 5.97 Å². The van der Waals surface area contributed by atoms with Gasteiger partial charge in [0.15, 0.2) is 5.69 Å². The fraction of sp³-hybridized carbons (Fsp3) is 0.294. The van der Waals surface area contributed by atoms with Crippen LogP contribution in [0.5, 0.6) is 0 Å². The average molecular weight is 373 g/mol. The molecule has 136 valence electrons. The molecule has 0 aliphatic rings. The molecule has 0 atom stereocenters. The number of hydrogen-bond donors (Lipinski definition) is 1. The first-order chi connectivity index (χ1) is 12.4. The first kappa shape index (κ1) is 17.9. The van der Waals surface area contributed by atoms with Crippen LogP contribution in [0.25, 0.3) is 0 Å². The third-order valence-electron chi connectivity index (χ3n) is 3.74. The van der Waals surface area contributed by atoms with E-state index in [1.807, 2.05) is 31.5 Å². The number of anilines is 1. The zero-order chi connectivity index (χ0) is 18.8. The highest BCUT2D eigenvalue weighted by Gasteiger charge is 2.19. The number of ether oxygens (including phenoxy) is 1. The molecule has 0 radical (unpaired) electrons. The van der Waals surface area contributed by atoms with Gasteiger partial charge in [0.05, 0.1) is 18.4 Å². The number of nitrogens with one attached hydrogen (secondary N) is 1. The summed E-state index contributed by atoms with van der Waals surface area (Å²) in [5.41, 5.74) is 2.54. The zero-order valence-electron chi connectivity index (χ0n) is 14.9. The van der Waals surface area contributed by atoms with Crippen molar-refractivity contribution in [3.8, 4) is 0 Å².